The molecule has 0 fully saturated rings. The molecule has 25 heavy (non-hydrogen) atoms. The van der Waals surface area contributed by atoms with Gasteiger partial charge in [0.1, 0.15) is 30.1 Å². The zero-order chi connectivity index (χ0) is 17.6. The fraction of sp³-hybridized carbons (Fsp3) is 0.444. The van der Waals surface area contributed by atoms with Crippen molar-refractivity contribution in [1.82, 2.24) is 24.4 Å². The number of hydrogen-bond acceptors (Lipinski definition) is 6. The van der Waals surface area contributed by atoms with E-state index in [-0.39, 0.29) is 6.04 Å². The molecule has 7 nitrogen and oxygen atoms in total. The summed E-state index contributed by atoms with van der Waals surface area (Å²) in [6.07, 6.45) is 11.1. The summed E-state index contributed by atoms with van der Waals surface area (Å²) < 4.78 is 2.20. The quantitative estimate of drug-likeness (QED) is 0.843. The lowest BCUT2D eigenvalue weighted by molar-refractivity contribution is -0.0968. The van der Waals surface area contributed by atoms with E-state index in [1.807, 2.05) is 36.8 Å². The van der Waals surface area contributed by atoms with E-state index in [1.165, 1.54) is 5.57 Å². The minimum absolute atomic E-state index is 0.0694. The Morgan fingerprint density at radius 3 is 2.80 bits per heavy atom. The Balaban J connectivity index is 1.82. The van der Waals surface area contributed by atoms with Crippen molar-refractivity contribution in [3.05, 3.63) is 53.4 Å². The summed E-state index contributed by atoms with van der Waals surface area (Å²) in [7, 11) is 1.69. The van der Waals surface area contributed by atoms with Gasteiger partial charge in [-0.2, -0.15) is 0 Å². The molecule has 1 unspecified atom stereocenters. The van der Waals surface area contributed by atoms with E-state index in [0.717, 1.165) is 36.0 Å². The molecule has 0 saturated heterocycles. The number of nitrogens with zero attached hydrogens (tertiary/aromatic N) is 6. The van der Waals surface area contributed by atoms with Gasteiger partial charge in [-0.1, -0.05) is 6.92 Å². The summed E-state index contributed by atoms with van der Waals surface area (Å²) >= 11 is 0. The highest BCUT2D eigenvalue weighted by Gasteiger charge is 2.37. The Morgan fingerprint density at radius 1 is 1.28 bits per heavy atom. The summed E-state index contributed by atoms with van der Waals surface area (Å²) in [5, 5.41) is 1.82. The molecule has 1 aromatic rings. The van der Waals surface area contributed by atoms with Gasteiger partial charge in [-0.05, 0) is 25.8 Å². The lowest BCUT2D eigenvalue weighted by Gasteiger charge is -2.41. The smallest absolute Gasteiger partial charge is 0.139 e. The second-order valence-corrected chi connectivity index (χ2v) is 6.54. The first-order valence-corrected chi connectivity index (χ1v) is 8.66. The van der Waals surface area contributed by atoms with E-state index in [2.05, 4.69) is 39.4 Å². The van der Waals surface area contributed by atoms with Crippen molar-refractivity contribution in [2.45, 2.75) is 33.2 Å². The van der Waals surface area contributed by atoms with Crippen LogP contribution in [-0.2, 0) is 4.84 Å². The number of allylic oxidation sites excluding steroid dienone is 2. The molecule has 0 aromatic carbocycles. The number of rotatable bonds is 4. The van der Waals surface area contributed by atoms with Crippen molar-refractivity contribution in [1.29, 1.82) is 0 Å². The van der Waals surface area contributed by atoms with Crippen molar-refractivity contribution < 1.29 is 4.84 Å². The third-order valence-electron chi connectivity index (χ3n) is 4.85. The Bertz CT molecular complexity index is 802. The average molecular weight is 340 g/mol. The van der Waals surface area contributed by atoms with Crippen LogP contribution in [-0.4, -0.2) is 51.0 Å². The zero-order valence-electron chi connectivity index (χ0n) is 15.2. The molecule has 3 aliphatic heterocycles. The third-order valence-corrected chi connectivity index (χ3v) is 4.85. The molecule has 0 N–H and O–H groups in total. The summed E-state index contributed by atoms with van der Waals surface area (Å²) in [4.78, 5) is 19.2. The van der Waals surface area contributed by atoms with Crippen LogP contribution >= 0.6 is 0 Å². The fourth-order valence-corrected chi connectivity index (χ4v) is 3.72. The van der Waals surface area contributed by atoms with Gasteiger partial charge in [0.15, 0.2) is 0 Å². The SMILES string of the molecule is CCCN1C=C(C)C(n2ccnc2C)C2=C1N1CN(OC)C=C1C=N2. The van der Waals surface area contributed by atoms with Crippen molar-refractivity contribution >= 4 is 6.21 Å². The fourth-order valence-electron chi connectivity index (χ4n) is 3.72. The monoisotopic (exact) mass is 340 g/mol. The predicted octanol–water partition coefficient (Wildman–Crippen LogP) is 2.59. The van der Waals surface area contributed by atoms with Crippen LogP contribution in [0, 0.1) is 6.92 Å². The molecule has 1 atom stereocenters. The van der Waals surface area contributed by atoms with E-state index >= 15 is 0 Å². The first-order chi connectivity index (χ1) is 12.1. The third kappa shape index (κ3) is 2.46. The average Bonchev–Trinajstić information content (AvgIpc) is 3.20. The van der Waals surface area contributed by atoms with Crippen LogP contribution in [0.15, 0.2) is 52.6 Å². The molecule has 7 heteroatoms. The number of hydrogen-bond donors (Lipinski definition) is 0. The molecule has 4 rings (SSSR count). The zero-order valence-corrected chi connectivity index (χ0v) is 15.2. The maximum absolute atomic E-state index is 5.40. The van der Waals surface area contributed by atoms with Gasteiger partial charge in [0.25, 0.3) is 0 Å². The molecule has 0 bridgehead atoms. The molecule has 0 saturated carbocycles. The van der Waals surface area contributed by atoms with Crippen molar-refractivity contribution in [2.75, 3.05) is 20.3 Å². The number of aryl methyl sites for hydroxylation is 1. The molecule has 3 aliphatic rings. The van der Waals surface area contributed by atoms with Crippen LogP contribution in [0.3, 0.4) is 0 Å². The molecule has 0 radical (unpaired) electrons. The number of aliphatic imine (C=N–C) groups is 1. The van der Waals surface area contributed by atoms with E-state index in [9.17, 15) is 0 Å². The molecule has 132 valence electrons. The second kappa shape index (κ2) is 6.07. The number of fused-ring (bicyclic) bond motifs is 2. The Hall–Kier alpha value is -2.54. The summed E-state index contributed by atoms with van der Waals surface area (Å²) in [6, 6.07) is 0.0694. The van der Waals surface area contributed by atoms with Gasteiger partial charge in [0.05, 0.1) is 25.2 Å². The second-order valence-electron chi connectivity index (χ2n) is 6.54. The Labute approximate surface area is 148 Å². The molecule has 0 spiro atoms. The Morgan fingerprint density at radius 2 is 2.12 bits per heavy atom. The molecular weight excluding hydrogens is 316 g/mol. The highest BCUT2D eigenvalue weighted by atomic mass is 16.7. The van der Waals surface area contributed by atoms with Gasteiger partial charge in [-0.15, -0.1) is 0 Å². The first kappa shape index (κ1) is 16.0. The van der Waals surface area contributed by atoms with E-state index in [4.69, 9.17) is 9.83 Å². The molecule has 0 amide bonds. The minimum atomic E-state index is 0.0694. The lowest BCUT2D eigenvalue weighted by Crippen LogP contribution is -2.40. The van der Waals surface area contributed by atoms with E-state index in [1.54, 1.807) is 7.11 Å². The largest absolute Gasteiger partial charge is 0.333 e. The Kier molecular flexibility index (Phi) is 3.88. The van der Waals surface area contributed by atoms with E-state index in [0.29, 0.717) is 6.67 Å². The molecular formula is C18H24N6O. The summed E-state index contributed by atoms with van der Waals surface area (Å²) in [5.41, 5.74) is 3.38. The topological polar surface area (TPSA) is 49.1 Å². The van der Waals surface area contributed by atoms with Crippen LogP contribution in [0.4, 0.5) is 0 Å². The van der Waals surface area contributed by atoms with Gasteiger partial charge < -0.3 is 14.4 Å². The van der Waals surface area contributed by atoms with Gasteiger partial charge in [0.2, 0.25) is 0 Å². The van der Waals surface area contributed by atoms with Crippen molar-refractivity contribution in [2.24, 2.45) is 4.99 Å². The number of aromatic nitrogens is 2. The summed E-state index contributed by atoms with van der Waals surface area (Å²) in [5.74, 6) is 2.13. The van der Waals surface area contributed by atoms with Crippen LogP contribution < -0.4 is 0 Å². The maximum Gasteiger partial charge on any atom is 0.139 e. The summed E-state index contributed by atoms with van der Waals surface area (Å²) in [6.45, 7) is 8.02. The van der Waals surface area contributed by atoms with Gasteiger partial charge in [-0.3, -0.25) is 9.83 Å². The van der Waals surface area contributed by atoms with Crippen LogP contribution in [0.1, 0.15) is 32.1 Å². The standard InChI is InChI=1S/C18H24N6O/c1-5-7-21-10-13(2)17(23-8-6-19-14(23)3)16-18(21)24-12-22(25-4)11-15(24)9-20-16/h6,8-11,17H,5,7,12H2,1-4H3. The first-order valence-electron chi connectivity index (χ1n) is 8.66. The number of imidazole rings is 1. The molecule has 0 aliphatic carbocycles. The van der Waals surface area contributed by atoms with Gasteiger partial charge >= 0.3 is 0 Å². The normalized spacial score (nSPS) is 22.2. The highest BCUT2D eigenvalue weighted by Crippen LogP contribution is 2.41. The maximum atomic E-state index is 5.40. The number of hydroxylamine groups is 2. The van der Waals surface area contributed by atoms with Crippen LogP contribution in [0.5, 0.6) is 0 Å². The van der Waals surface area contributed by atoms with Crippen molar-refractivity contribution in [3.63, 3.8) is 0 Å². The predicted molar refractivity (Wildman–Crippen MR) is 95.9 cm³/mol. The van der Waals surface area contributed by atoms with Gasteiger partial charge in [-0.25, -0.2) is 10.0 Å². The van der Waals surface area contributed by atoms with Crippen molar-refractivity contribution in [3.8, 4) is 0 Å². The lowest BCUT2D eigenvalue weighted by atomic mass is 10.0. The van der Waals surface area contributed by atoms with Crippen LogP contribution in [0.25, 0.3) is 0 Å². The van der Waals surface area contributed by atoms with E-state index < -0.39 is 0 Å². The minimum Gasteiger partial charge on any atom is -0.333 e. The molecule has 4 heterocycles. The van der Waals surface area contributed by atoms with Gasteiger partial charge in [0, 0.05) is 25.1 Å². The van der Waals surface area contributed by atoms with Crippen LogP contribution in [0.2, 0.25) is 0 Å². The highest BCUT2D eigenvalue weighted by molar-refractivity contribution is 5.81. The molecule has 1 aromatic heterocycles.